The fraction of sp³-hybridized carbons (Fsp3) is 0.0526. The average Bonchev–Trinajstić information content (AvgIpc) is 3.04. The highest BCUT2D eigenvalue weighted by molar-refractivity contribution is 6.03. The summed E-state index contributed by atoms with van der Waals surface area (Å²) in [4.78, 5) is 35.8. The quantitative estimate of drug-likeness (QED) is 0.433. The van der Waals surface area contributed by atoms with Gasteiger partial charge in [-0.05, 0) is 31.2 Å². The molecule has 9 heteroatoms. The van der Waals surface area contributed by atoms with Gasteiger partial charge in [-0.3, -0.25) is 24.6 Å². The molecule has 0 fully saturated rings. The molecule has 1 amide bonds. The molecule has 0 spiro atoms. The van der Waals surface area contributed by atoms with Gasteiger partial charge in [-0.15, -0.1) is 0 Å². The number of fused-ring (bicyclic) bond motifs is 1. The third kappa shape index (κ3) is 3.16. The van der Waals surface area contributed by atoms with E-state index < -0.39 is 10.8 Å². The Labute approximate surface area is 158 Å². The van der Waals surface area contributed by atoms with Gasteiger partial charge in [-0.1, -0.05) is 12.1 Å². The van der Waals surface area contributed by atoms with E-state index in [4.69, 9.17) is 0 Å². The van der Waals surface area contributed by atoms with Crippen molar-refractivity contribution >= 4 is 23.2 Å². The molecule has 0 radical (unpaired) electrons. The van der Waals surface area contributed by atoms with Crippen LogP contribution >= 0.6 is 0 Å². The van der Waals surface area contributed by atoms with Crippen molar-refractivity contribution in [2.24, 2.45) is 0 Å². The van der Waals surface area contributed by atoms with Crippen molar-refractivity contribution in [1.29, 1.82) is 0 Å². The van der Waals surface area contributed by atoms with Crippen molar-refractivity contribution in [2.45, 2.75) is 6.92 Å². The molecule has 0 atom stereocenters. The van der Waals surface area contributed by atoms with Gasteiger partial charge in [0.1, 0.15) is 5.65 Å². The number of benzene rings is 1. The summed E-state index contributed by atoms with van der Waals surface area (Å²) in [6, 6.07) is 12.9. The van der Waals surface area contributed by atoms with E-state index in [9.17, 15) is 14.9 Å². The summed E-state index contributed by atoms with van der Waals surface area (Å²) >= 11 is 0. The Kier molecular flexibility index (Phi) is 4.24. The summed E-state index contributed by atoms with van der Waals surface area (Å²) in [7, 11) is 0. The maximum Gasteiger partial charge on any atom is 0.270 e. The number of amides is 1. The summed E-state index contributed by atoms with van der Waals surface area (Å²) < 4.78 is 1.91. The van der Waals surface area contributed by atoms with Crippen LogP contribution in [0.1, 0.15) is 16.1 Å². The molecular formula is C19H14N6O3. The van der Waals surface area contributed by atoms with E-state index in [1.54, 1.807) is 6.07 Å². The standard InChI is InChI=1S/C19H14N6O3/c1-12-17(24-10-3-2-7-16(24)21-12)15-8-9-20-19(22-15)23-18(26)13-5-4-6-14(11-13)25(27)28/h2-11H,1H3,(H,20,22,23,26). The largest absolute Gasteiger partial charge is 0.298 e. The molecule has 0 aliphatic heterocycles. The van der Waals surface area contributed by atoms with Gasteiger partial charge in [0, 0.05) is 30.1 Å². The second-order valence-corrected chi connectivity index (χ2v) is 6.00. The summed E-state index contributed by atoms with van der Waals surface area (Å²) in [6.45, 7) is 1.88. The van der Waals surface area contributed by atoms with Gasteiger partial charge in [0.25, 0.3) is 11.6 Å². The molecule has 3 heterocycles. The van der Waals surface area contributed by atoms with Gasteiger partial charge in [-0.2, -0.15) is 0 Å². The Bertz CT molecular complexity index is 1220. The predicted molar refractivity (Wildman–Crippen MR) is 102 cm³/mol. The van der Waals surface area contributed by atoms with Crippen LogP contribution in [0.5, 0.6) is 0 Å². The number of pyridine rings is 1. The average molecular weight is 374 g/mol. The Hall–Kier alpha value is -4.14. The van der Waals surface area contributed by atoms with Crippen molar-refractivity contribution in [3.05, 3.63) is 82.3 Å². The maximum atomic E-state index is 12.4. The first kappa shape index (κ1) is 17.3. The normalized spacial score (nSPS) is 10.8. The van der Waals surface area contributed by atoms with E-state index >= 15 is 0 Å². The van der Waals surface area contributed by atoms with Crippen LogP contribution in [0.25, 0.3) is 17.0 Å². The SMILES string of the molecule is Cc1nc2ccccn2c1-c1ccnc(NC(=O)c2cccc([N+](=O)[O-])c2)n1. The summed E-state index contributed by atoms with van der Waals surface area (Å²) in [5, 5.41) is 13.5. The summed E-state index contributed by atoms with van der Waals surface area (Å²) in [5.74, 6) is -0.435. The highest BCUT2D eigenvalue weighted by Gasteiger charge is 2.15. The Morgan fingerprint density at radius 2 is 2.00 bits per heavy atom. The molecule has 0 aliphatic carbocycles. The van der Waals surface area contributed by atoms with Crippen LogP contribution in [0.15, 0.2) is 60.9 Å². The molecule has 0 saturated carbocycles. The molecule has 4 rings (SSSR count). The topological polar surface area (TPSA) is 115 Å². The summed E-state index contributed by atoms with van der Waals surface area (Å²) in [6.07, 6.45) is 3.42. The number of hydrogen-bond acceptors (Lipinski definition) is 6. The third-order valence-corrected chi connectivity index (χ3v) is 4.15. The first-order valence-corrected chi connectivity index (χ1v) is 8.36. The number of aromatic nitrogens is 4. The first-order chi connectivity index (χ1) is 13.5. The van der Waals surface area contributed by atoms with E-state index in [0.717, 1.165) is 17.0 Å². The number of nitro groups is 1. The molecule has 138 valence electrons. The molecule has 0 aliphatic rings. The number of non-ortho nitro benzene ring substituents is 1. The van der Waals surface area contributed by atoms with Gasteiger partial charge in [0.2, 0.25) is 5.95 Å². The lowest BCUT2D eigenvalue weighted by Crippen LogP contribution is -2.14. The van der Waals surface area contributed by atoms with Gasteiger partial charge < -0.3 is 0 Å². The van der Waals surface area contributed by atoms with E-state index in [-0.39, 0.29) is 17.2 Å². The lowest BCUT2D eigenvalue weighted by atomic mass is 10.2. The second-order valence-electron chi connectivity index (χ2n) is 6.00. The van der Waals surface area contributed by atoms with Crippen molar-refractivity contribution in [3.63, 3.8) is 0 Å². The number of aryl methyl sites for hydroxylation is 1. The molecule has 9 nitrogen and oxygen atoms in total. The van der Waals surface area contributed by atoms with Gasteiger partial charge in [0.05, 0.1) is 22.0 Å². The number of rotatable bonds is 4. The van der Waals surface area contributed by atoms with Crippen LogP contribution in [-0.4, -0.2) is 30.2 Å². The lowest BCUT2D eigenvalue weighted by molar-refractivity contribution is -0.384. The number of carbonyl (C=O) groups is 1. The fourth-order valence-corrected chi connectivity index (χ4v) is 2.91. The molecule has 0 unspecified atom stereocenters. The van der Waals surface area contributed by atoms with Crippen LogP contribution in [0.2, 0.25) is 0 Å². The number of nitrogens with one attached hydrogen (secondary N) is 1. The van der Waals surface area contributed by atoms with Crippen molar-refractivity contribution in [3.8, 4) is 11.4 Å². The summed E-state index contributed by atoms with van der Waals surface area (Å²) in [5.41, 5.74) is 2.96. The molecule has 4 aromatic rings. The van der Waals surface area contributed by atoms with E-state index in [1.807, 2.05) is 35.7 Å². The number of anilines is 1. The minimum absolute atomic E-state index is 0.0966. The number of hydrogen-bond donors (Lipinski definition) is 1. The highest BCUT2D eigenvalue weighted by atomic mass is 16.6. The lowest BCUT2D eigenvalue weighted by Gasteiger charge is -2.06. The number of nitro benzene ring substituents is 1. The number of nitrogens with zero attached hydrogens (tertiary/aromatic N) is 5. The molecule has 3 aromatic heterocycles. The molecule has 28 heavy (non-hydrogen) atoms. The molecule has 0 saturated heterocycles. The van der Waals surface area contributed by atoms with Gasteiger partial charge in [-0.25, -0.2) is 15.0 Å². The van der Waals surface area contributed by atoms with Crippen LogP contribution in [0.4, 0.5) is 11.6 Å². The van der Waals surface area contributed by atoms with Crippen molar-refractivity contribution in [1.82, 2.24) is 19.4 Å². The van der Waals surface area contributed by atoms with Crippen LogP contribution < -0.4 is 5.32 Å². The maximum absolute atomic E-state index is 12.4. The highest BCUT2D eigenvalue weighted by Crippen LogP contribution is 2.23. The molecule has 1 N–H and O–H groups in total. The van der Waals surface area contributed by atoms with Crippen LogP contribution in [-0.2, 0) is 0 Å². The van der Waals surface area contributed by atoms with E-state index in [1.165, 1.54) is 30.5 Å². The second kappa shape index (κ2) is 6.88. The van der Waals surface area contributed by atoms with E-state index in [0.29, 0.717) is 5.69 Å². The van der Waals surface area contributed by atoms with Crippen LogP contribution in [0, 0.1) is 17.0 Å². The Morgan fingerprint density at radius 3 is 2.82 bits per heavy atom. The first-order valence-electron chi connectivity index (χ1n) is 8.36. The minimum atomic E-state index is -0.554. The smallest absolute Gasteiger partial charge is 0.270 e. The third-order valence-electron chi connectivity index (χ3n) is 4.15. The van der Waals surface area contributed by atoms with Crippen LogP contribution in [0.3, 0.4) is 0 Å². The zero-order chi connectivity index (χ0) is 19.7. The van der Waals surface area contributed by atoms with Crippen molar-refractivity contribution in [2.75, 3.05) is 5.32 Å². The Balaban J connectivity index is 1.66. The molecule has 1 aromatic carbocycles. The predicted octanol–water partition coefficient (Wildman–Crippen LogP) is 3.26. The molecular weight excluding hydrogens is 360 g/mol. The van der Waals surface area contributed by atoms with Crippen molar-refractivity contribution < 1.29 is 9.72 Å². The fourth-order valence-electron chi connectivity index (χ4n) is 2.91. The number of carbonyl (C=O) groups excluding carboxylic acids is 1. The zero-order valence-corrected chi connectivity index (χ0v) is 14.7. The Morgan fingerprint density at radius 1 is 1.14 bits per heavy atom. The van der Waals surface area contributed by atoms with E-state index in [2.05, 4.69) is 20.3 Å². The number of imidazole rings is 1. The minimum Gasteiger partial charge on any atom is -0.298 e. The van der Waals surface area contributed by atoms with Gasteiger partial charge in [0.15, 0.2) is 0 Å². The van der Waals surface area contributed by atoms with Gasteiger partial charge >= 0.3 is 0 Å². The molecule has 0 bridgehead atoms. The zero-order valence-electron chi connectivity index (χ0n) is 14.7. The monoisotopic (exact) mass is 374 g/mol.